The molecule has 3 rings (SSSR count). The molecule has 88 valence electrons. The van der Waals surface area contributed by atoms with E-state index in [0.29, 0.717) is 6.04 Å². The smallest absolute Gasteiger partial charge is 0.181 e. The number of nitrogens with zero attached hydrogens (tertiary/aromatic N) is 3. The number of hydrogen-bond acceptors (Lipinski definition) is 3. The number of benzene rings is 1. The van der Waals surface area contributed by atoms with Crippen LogP contribution >= 0.6 is 11.8 Å². The van der Waals surface area contributed by atoms with Crippen LogP contribution in [-0.2, 0) is 0 Å². The van der Waals surface area contributed by atoms with Gasteiger partial charge in [-0.15, -0.1) is 11.8 Å². The van der Waals surface area contributed by atoms with Crippen LogP contribution in [0.2, 0.25) is 0 Å². The summed E-state index contributed by atoms with van der Waals surface area (Å²) < 4.78 is 2.07. The largest absolute Gasteiger partial charge is 0.247 e. The van der Waals surface area contributed by atoms with Crippen LogP contribution in [0.25, 0.3) is 11.4 Å². The van der Waals surface area contributed by atoms with Gasteiger partial charge in [0.1, 0.15) is 5.82 Å². The summed E-state index contributed by atoms with van der Waals surface area (Å²) in [7, 11) is 0. The van der Waals surface area contributed by atoms with Crippen molar-refractivity contribution < 1.29 is 0 Å². The molecule has 0 N–H and O–H groups in total. The van der Waals surface area contributed by atoms with Crippen LogP contribution in [0, 0.1) is 6.92 Å². The van der Waals surface area contributed by atoms with Crippen molar-refractivity contribution in [2.45, 2.75) is 30.7 Å². The molecule has 0 spiro atoms. The molecule has 3 nitrogen and oxygen atoms in total. The van der Waals surface area contributed by atoms with Crippen molar-refractivity contribution in [3.8, 4) is 11.4 Å². The third-order valence-electron chi connectivity index (χ3n) is 3.02. The Labute approximate surface area is 105 Å². The van der Waals surface area contributed by atoms with Crippen molar-refractivity contribution in [3.05, 3.63) is 30.1 Å². The predicted octanol–water partition coefficient (Wildman–Crippen LogP) is 3.31. The topological polar surface area (TPSA) is 30.7 Å². The molecule has 0 bridgehead atoms. The maximum Gasteiger partial charge on any atom is 0.181 e. The Kier molecular flexibility index (Phi) is 2.67. The lowest BCUT2D eigenvalue weighted by molar-refractivity contribution is 0.619. The van der Waals surface area contributed by atoms with Crippen molar-refractivity contribution in [2.24, 2.45) is 0 Å². The Morgan fingerprint density at radius 1 is 1.35 bits per heavy atom. The molecule has 1 heterocycles. The maximum absolute atomic E-state index is 4.61. The van der Waals surface area contributed by atoms with Crippen molar-refractivity contribution in [2.75, 3.05) is 6.26 Å². The molecule has 0 atom stereocenters. The van der Waals surface area contributed by atoms with E-state index in [4.69, 9.17) is 0 Å². The zero-order chi connectivity index (χ0) is 11.8. The first kappa shape index (κ1) is 10.8. The molecule has 1 aromatic heterocycles. The van der Waals surface area contributed by atoms with Crippen LogP contribution < -0.4 is 0 Å². The number of thioether (sulfide) groups is 1. The lowest BCUT2D eigenvalue weighted by Crippen LogP contribution is -1.98. The minimum atomic E-state index is 0.597. The molecule has 1 aliphatic carbocycles. The Morgan fingerprint density at radius 2 is 2.18 bits per heavy atom. The van der Waals surface area contributed by atoms with Gasteiger partial charge in [0.2, 0.25) is 0 Å². The minimum Gasteiger partial charge on any atom is -0.247 e. The summed E-state index contributed by atoms with van der Waals surface area (Å²) in [5.74, 6) is 1.88. The lowest BCUT2D eigenvalue weighted by Gasteiger charge is -1.99. The van der Waals surface area contributed by atoms with Crippen LogP contribution in [0.1, 0.15) is 24.7 Å². The molecule has 17 heavy (non-hydrogen) atoms. The Morgan fingerprint density at radius 3 is 2.88 bits per heavy atom. The van der Waals surface area contributed by atoms with E-state index in [1.807, 2.05) is 6.92 Å². The predicted molar refractivity (Wildman–Crippen MR) is 70.2 cm³/mol. The highest BCUT2D eigenvalue weighted by molar-refractivity contribution is 7.98. The van der Waals surface area contributed by atoms with Gasteiger partial charge in [0, 0.05) is 10.5 Å². The molecule has 0 saturated heterocycles. The van der Waals surface area contributed by atoms with E-state index in [-0.39, 0.29) is 0 Å². The molecule has 0 aliphatic heterocycles. The van der Waals surface area contributed by atoms with E-state index < -0.39 is 0 Å². The van der Waals surface area contributed by atoms with Crippen LogP contribution in [0.3, 0.4) is 0 Å². The van der Waals surface area contributed by atoms with E-state index in [9.17, 15) is 0 Å². The fourth-order valence-corrected chi connectivity index (χ4v) is 2.41. The van der Waals surface area contributed by atoms with Gasteiger partial charge in [-0.2, -0.15) is 5.10 Å². The van der Waals surface area contributed by atoms with Crippen molar-refractivity contribution in [3.63, 3.8) is 0 Å². The van der Waals surface area contributed by atoms with E-state index in [2.05, 4.69) is 45.3 Å². The summed E-state index contributed by atoms with van der Waals surface area (Å²) in [6, 6.07) is 9.00. The third-order valence-corrected chi connectivity index (χ3v) is 3.75. The lowest BCUT2D eigenvalue weighted by atomic mass is 10.2. The Balaban J connectivity index is 1.99. The Bertz CT molecular complexity index is 543. The summed E-state index contributed by atoms with van der Waals surface area (Å²) in [6.07, 6.45) is 4.57. The molecule has 2 aromatic rings. The van der Waals surface area contributed by atoms with Gasteiger partial charge < -0.3 is 0 Å². The van der Waals surface area contributed by atoms with Gasteiger partial charge in [0.25, 0.3) is 0 Å². The molecular weight excluding hydrogens is 230 g/mol. The zero-order valence-electron chi connectivity index (χ0n) is 10.1. The van der Waals surface area contributed by atoms with Gasteiger partial charge >= 0.3 is 0 Å². The first-order valence-corrected chi connectivity index (χ1v) is 7.08. The highest BCUT2D eigenvalue weighted by Crippen LogP contribution is 2.35. The molecule has 0 radical (unpaired) electrons. The van der Waals surface area contributed by atoms with E-state index in [1.165, 1.54) is 17.7 Å². The van der Waals surface area contributed by atoms with Crippen LogP contribution in [0.4, 0.5) is 0 Å². The average Bonchev–Trinajstić information content (AvgIpc) is 3.13. The maximum atomic E-state index is 4.61. The monoisotopic (exact) mass is 245 g/mol. The molecule has 0 unspecified atom stereocenters. The average molecular weight is 245 g/mol. The summed E-state index contributed by atoms with van der Waals surface area (Å²) in [5.41, 5.74) is 1.11. The van der Waals surface area contributed by atoms with Crippen LogP contribution in [0.15, 0.2) is 29.2 Å². The quantitative estimate of drug-likeness (QED) is 0.777. The molecule has 1 saturated carbocycles. The van der Waals surface area contributed by atoms with Gasteiger partial charge in [-0.05, 0) is 38.2 Å². The van der Waals surface area contributed by atoms with Gasteiger partial charge in [-0.3, -0.25) is 0 Å². The SMILES string of the molecule is CSc1cccc(-c2nc(C)n(C3CC3)n2)c1. The molecule has 1 fully saturated rings. The first-order valence-electron chi connectivity index (χ1n) is 5.85. The number of hydrogen-bond donors (Lipinski definition) is 0. The molecular formula is C13H15N3S. The summed E-state index contributed by atoms with van der Waals surface area (Å²) in [4.78, 5) is 5.81. The number of aromatic nitrogens is 3. The zero-order valence-corrected chi connectivity index (χ0v) is 10.9. The fraction of sp³-hybridized carbons (Fsp3) is 0.385. The van der Waals surface area contributed by atoms with Gasteiger partial charge in [-0.1, -0.05) is 12.1 Å². The van der Waals surface area contributed by atoms with Crippen LogP contribution in [-0.4, -0.2) is 21.0 Å². The fourth-order valence-electron chi connectivity index (χ4n) is 1.95. The van der Waals surface area contributed by atoms with Crippen molar-refractivity contribution in [1.82, 2.24) is 14.8 Å². The summed E-state index contributed by atoms with van der Waals surface area (Å²) in [5, 5.41) is 4.61. The molecule has 1 aliphatic rings. The van der Waals surface area contributed by atoms with Crippen LogP contribution in [0.5, 0.6) is 0 Å². The first-order chi connectivity index (χ1) is 8.28. The second-order valence-electron chi connectivity index (χ2n) is 4.39. The molecule has 0 amide bonds. The number of rotatable bonds is 3. The van der Waals surface area contributed by atoms with Crippen molar-refractivity contribution >= 4 is 11.8 Å². The van der Waals surface area contributed by atoms with Gasteiger partial charge in [0.15, 0.2) is 5.82 Å². The Hall–Kier alpha value is -1.29. The molecule has 1 aromatic carbocycles. The minimum absolute atomic E-state index is 0.597. The van der Waals surface area contributed by atoms with Crippen molar-refractivity contribution in [1.29, 1.82) is 0 Å². The van der Waals surface area contributed by atoms with E-state index >= 15 is 0 Å². The standard InChI is InChI=1S/C13H15N3S/c1-9-14-13(15-16(9)11-6-7-11)10-4-3-5-12(8-10)17-2/h3-5,8,11H,6-7H2,1-2H3. The highest BCUT2D eigenvalue weighted by Gasteiger charge is 2.27. The normalized spacial score (nSPS) is 15.2. The van der Waals surface area contributed by atoms with E-state index in [1.54, 1.807) is 11.8 Å². The number of aryl methyl sites for hydroxylation is 1. The summed E-state index contributed by atoms with van der Waals surface area (Å²) in [6.45, 7) is 2.03. The highest BCUT2D eigenvalue weighted by atomic mass is 32.2. The van der Waals surface area contributed by atoms with Gasteiger partial charge in [-0.25, -0.2) is 9.67 Å². The van der Waals surface area contributed by atoms with E-state index in [0.717, 1.165) is 17.2 Å². The molecule has 4 heteroatoms. The summed E-state index contributed by atoms with van der Waals surface area (Å²) >= 11 is 1.74. The second-order valence-corrected chi connectivity index (χ2v) is 5.27. The second kappa shape index (κ2) is 4.18. The third kappa shape index (κ3) is 2.09. The van der Waals surface area contributed by atoms with Gasteiger partial charge in [0.05, 0.1) is 6.04 Å².